The number of para-hydroxylation sites is 1. The van der Waals surface area contributed by atoms with Gasteiger partial charge in [-0.15, -0.1) is 11.3 Å². The highest BCUT2D eigenvalue weighted by Crippen LogP contribution is 2.50. The fourth-order valence-electron chi connectivity index (χ4n) is 4.80. The molecular formula is C26H31BrN2O5S. The summed E-state index contributed by atoms with van der Waals surface area (Å²) in [6.45, 7) is 8.41. The molecule has 2 amide bonds. The first-order chi connectivity index (χ1) is 16.5. The fourth-order valence-corrected chi connectivity index (χ4v) is 6.51. The highest BCUT2D eigenvalue weighted by molar-refractivity contribution is 9.11. The van der Waals surface area contributed by atoms with Gasteiger partial charge in [0.15, 0.2) is 5.78 Å². The number of ether oxygens (including phenoxy) is 2. The van der Waals surface area contributed by atoms with E-state index in [0.29, 0.717) is 36.6 Å². The Morgan fingerprint density at radius 2 is 1.83 bits per heavy atom. The third kappa shape index (κ3) is 4.72. The Kier molecular flexibility index (Phi) is 7.03. The van der Waals surface area contributed by atoms with Crippen molar-refractivity contribution in [3.8, 4) is 5.75 Å². The second-order valence-corrected chi connectivity index (χ2v) is 12.4. The number of methoxy groups -OCH3 is 1. The van der Waals surface area contributed by atoms with E-state index in [-0.39, 0.29) is 24.5 Å². The van der Waals surface area contributed by atoms with Crippen molar-refractivity contribution in [2.24, 2.45) is 5.41 Å². The number of nitrogens with zero attached hydrogens (tertiary/aromatic N) is 2. The van der Waals surface area contributed by atoms with Gasteiger partial charge in [0.2, 0.25) is 5.91 Å². The van der Waals surface area contributed by atoms with Crippen LogP contribution in [-0.4, -0.2) is 55.0 Å². The number of ketones is 1. The molecule has 0 radical (unpaired) electrons. The Hall–Kier alpha value is -2.39. The number of anilines is 1. The number of hydrogen-bond donors (Lipinski definition) is 0. The van der Waals surface area contributed by atoms with E-state index in [9.17, 15) is 14.4 Å². The molecule has 0 unspecified atom stereocenters. The molecule has 1 saturated heterocycles. The minimum atomic E-state index is -1.17. The van der Waals surface area contributed by atoms with Crippen molar-refractivity contribution < 1.29 is 23.9 Å². The van der Waals surface area contributed by atoms with E-state index >= 15 is 0 Å². The lowest BCUT2D eigenvalue weighted by atomic mass is 9.69. The molecular weight excluding hydrogens is 532 g/mol. The number of carbonyl (C=O) groups excluding carboxylic acids is 3. The molecule has 0 saturated carbocycles. The van der Waals surface area contributed by atoms with Gasteiger partial charge in [-0.2, -0.15) is 0 Å². The van der Waals surface area contributed by atoms with Crippen molar-refractivity contribution in [2.75, 3.05) is 31.6 Å². The Bertz CT molecular complexity index is 1160. The van der Waals surface area contributed by atoms with Crippen LogP contribution in [0.15, 0.2) is 28.1 Å². The van der Waals surface area contributed by atoms with E-state index < -0.39 is 17.1 Å². The molecule has 4 rings (SSSR count). The number of thiophene rings is 1. The van der Waals surface area contributed by atoms with Crippen molar-refractivity contribution in [1.29, 1.82) is 0 Å². The van der Waals surface area contributed by atoms with Gasteiger partial charge in [-0.05, 0) is 80.1 Å². The van der Waals surface area contributed by atoms with Crippen LogP contribution in [0.1, 0.15) is 55.1 Å². The van der Waals surface area contributed by atoms with E-state index in [1.54, 1.807) is 16.9 Å². The van der Waals surface area contributed by atoms with E-state index in [1.807, 2.05) is 52.0 Å². The zero-order valence-electron chi connectivity index (χ0n) is 20.8. The van der Waals surface area contributed by atoms with Gasteiger partial charge in [0.25, 0.3) is 0 Å². The third-order valence-electron chi connectivity index (χ3n) is 6.70. The standard InChI is InChI=1S/C26H31BrN2O5S/c1-16-19-20(30)26(11-14-28(15-12-26)24(32)34-25(2,3)4)23(31)29(22(19)35-21(16)27)13-10-17-8-6-7-9-18(17)33-5/h6-9H,10-15H2,1-5H3. The van der Waals surface area contributed by atoms with Gasteiger partial charge >= 0.3 is 6.09 Å². The predicted molar refractivity (Wildman–Crippen MR) is 140 cm³/mol. The summed E-state index contributed by atoms with van der Waals surface area (Å²) < 4.78 is 11.9. The average Bonchev–Trinajstić information content (AvgIpc) is 3.11. The highest BCUT2D eigenvalue weighted by Gasteiger charge is 2.55. The largest absolute Gasteiger partial charge is 0.496 e. The Morgan fingerprint density at radius 3 is 2.46 bits per heavy atom. The first-order valence-corrected chi connectivity index (χ1v) is 13.3. The predicted octanol–water partition coefficient (Wildman–Crippen LogP) is 5.62. The van der Waals surface area contributed by atoms with Crippen LogP contribution in [0.5, 0.6) is 5.75 Å². The molecule has 1 spiro atoms. The van der Waals surface area contributed by atoms with Gasteiger partial charge in [0.05, 0.1) is 16.5 Å². The van der Waals surface area contributed by atoms with Gasteiger partial charge < -0.3 is 19.3 Å². The van der Waals surface area contributed by atoms with E-state index in [4.69, 9.17) is 9.47 Å². The number of amides is 2. The number of benzene rings is 1. The van der Waals surface area contributed by atoms with Crippen molar-refractivity contribution >= 4 is 50.1 Å². The summed E-state index contributed by atoms with van der Waals surface area (Å²) in [4.78, 5) is 43.8. The number of halogens is 1. The van der Waals surface area contributed by atoms with Gasteiger partial charge in [-0.25, -0.2) is 4.79 Å². The number of piperidine rings is 1. The topological polar surface area (TPSA) is 76.2 Å². The molecule has 9 heteroatoms. The van der Waals surface area contributed by atoms with Crippen LogP contribution in [-0.2, 0) is 16.0 Å². The van der Waals surface area contributed by atoms with Crippen LogP contribution in [0.2, 0.25) is 0 Å². The molecule has 188 valence electrons. The van der Waals surface area contributed by atoms with Crippen molar-refractivity contribution in [3.05, 3.63) is 44.7 Å². The van der Waals surface area contributed by atoms with Crippen LogP contribution in [0.25, 0.3) is 0 Å². The van der Waals surface area contributed by atoms with Crippen LogP contribution < -0.4 is 9.64 Å². The zero-order chi connectivity index (χ0) is 25.5. The molecule has 2 aromatic rings. The maximum Gasteiger partial charge on any atom is 0.410 e. The smallest absolute Gasteiger partial charge is 0.410 e. The first kappa shape index (κ1) is 25.7. The summed E-state index contributed by atoms with van der Waals surface area (Å²) in [5, 5.41) is 0.694. The molecule has 3 heterocycles. The van der Waals surface area contributed by atoms with Crippen LogP contribution in [0.3, 0.4) is 0 Å². The summed E-state index contributed by atoms with van der Waals surface area (Å²) >= 11 is 5.00. The lowest BCUT2D eigenvalue weighted by Gasteiger charge is -2.44. The van der Waals surface area contributed by atoms with Crippen LogP contribution in [0.4, 0.5) is 9.80 Å². The summed E-state index contributed by atoms with van der Waals surface area (Å²) in [5.41, 5.74) is 0.707. The van der Waals surface area contributed by atoms with Crippen molar-refractivity contribution in [1.82, 2.24) is 4.90 Å². The number of Topliss-reactive ketones (excluding diaryl/α,β-unsaturated/α-hetero) is 1. The molecule has 2 aliphatic rings. The van der Waals surface area contributed by atoms with Crippen LogP contribution in [0, 0.1) is 12.3 Å². The SMILES string of the molecule is COc1ccccc1CCN1C(=O)C2(CCN(C(=O)OC(C)(C)C)CC2)C(=O)c2c1sc(Br)c2C. The highest BCUT2D eigenvalue weighted by atomic mass is 79.9. The second kappa shape index (κ2) is 9.58. The first-order valence-electron chi connectivity index (χ1n) is 11.7. The van der Waals surface area contributed by atoms with E-state index in [1.165, 1.54) is 11.3 Å². The molecule has 0 bridgehead atoms. The summed E-state index contributed by atoms with van der Waals surface area (Å²) in [6.07, 6.45) is 0.743. The average molecular weight is 564 g/mol. The summed E-state index contributed by atoms with van der Waals surface area (Å²) in [7, 11) is 1.63. The zero-order valence-corrected chi connectivity index (χ0v) is 23.2. The van der Waals surface area contributed by atoms with E-state index in [0.717, 1.165) is 20.7 Å². The van der Waals surface area contributed by atoms with Gasteiger partial charge in [0.1, 0.15) is 21.8 Å². The maximum absolute atomic E-state index is 14.0. The van der Waals surface area contributed by atoms with E-state index in [2.05, 4.69) is 15.9 Å². The molecule has 7 nitrogen and oxygen atoms in total. The number of carbonyl (C=O) groups is 3. The number of rotatable bonds is 4. The molecule has 1 fully saturated rings. The molecule has 35 heavy (non-hydrogen) atoms. The number of hydrogen-bond acceptors (Lipinski definition) is 6. The van der Waals surface area contributed by atoms with Crippen molar-refractivity contribution in [3.63, 3.8) is 0 Å². The molecule has 0 aliphatic carbocycles. The third-order valence-corrected chi connectivity index (χ3v) is 8.88. The lowest BCUT2D eigenvalue weighted by molar-refractivity contribution is -0.128. The Labute approximate surface area is 218 Å². The Morgan fingerprint density at radius 1 is 1.17 bits per heavy atom. The lowest BCUT2D eigenvalue weighted by Crippen LogP contribution is -2.58. The van der Waals surface area contributed by atoms with Crippen molar-refractivity contribution in [2.45, 2.75) is 52.6 Å². The summed E-state index contributed by atoms with van der Waals surface area (Å²) in [6, 6.07) is 7.76. The van der Waals surface area contributed by atoms with Gasteiger partial charge in [0, 0.05) is 19.6 Å². The fraction of sp³-hybridized carbons (Fsp3) is 0.500. The molecule has 2 aliphatic heterocycles. The van der Waals surface area contributed by atoms with Gasteiger partial charge in [-0.1, -0.05) is 18.2 Å². The molecule has 0 N–H and O–H groups in total. The second-order valence-electron chi connectivity index (χ2n) is 10.1. The monoisotopic (exact) mass is 562 g/mol. The number of fused-ring (bicyclic) bond motifs is 1. The minimum Gasteiger partial charge on any atom is -0.496 e. The molecule has 1 aromatic carbocycles. The molecule has 1 aromatic heterocycles. The quantitative estimate of drug-likeness (QED) is 0.452. The summed E-state index contributed by atoms with van der Waals surface area (Å²) in [5.74, 6) is 0.467. The Balaban J connectivity index is 1.63. The minimum absolute atomic E-state index is 0.130. The normalized spacial score (nSPS) is 17.5. The maximum atomic E-state index is 14.0. The van der Waals surface area contributed by atoms with Crippen LogP contribution >= 0.6 is 27.3 Å². The van der Waals surface area contributed by atoms with Gasteiger partial charge in [-0.3, -0.25) is 9.59 Å². The molecule has 0 atom stereocenters. The number of likely N-dealkylation sites (tertiary alicyclic amines) is 1.